The summed E-state index contributed by atoms with van der Waals surface area (Å²) in [5.74, 6) is -3.98. The van der Waals surface area contributed by atoms with Crippen LogP contribution < -0.4 is 0 Å². The summed E-state index contributed by atoms with van der Waals surface area (Å²) in [6.07, 6.45) is 2.57. The zero-order valence-electron chi connectivity index (χ0n) is 20.0. The van der Waals surface area contributed by atoms with E-state index in [9.17, 15) is 19.2 Å². The molecule has 0 radical (unpaired) electrons. The van der Waals surface area contributed by atoms with Crippen molar-refractivity contribution in [3.63, 3.8) is 0 Å². The largest absolute Gasteiger partial charge is 0.478 e. The predicted molar refractivity (Wildman–Crippen MR) is 153 cm³/mol. The molecule has 204 valence electrons. The van der Waals surface area contributed by atoms with Crippen molar-refractivity contribution >= 4 is 67.1 Å². The third kappa shape index (κ3) is 9.64. The number of pyridine rings is 2. The highest BCUT2D eigenvalue weighted by molar-refractivity contribution is 8.77. The van der Waals surface area contributed by atoms with E-state index in [1.165, 1.54) is 79.8 Å². The maximum Gasteiger partial charge on any atom is 0.337 e. The van der Waals surface area contributed by atoms with Crippen LogP contribution in [0, 0.1) is 0 Å². The zero-order valence-corrected chi connectivity index (χ0v) is 23.3. The van der Waals surface area contributed by atoms with Crippen LogP contribution in [0.2, 0.25) is 0 Å². The lowest BCUT2D eigenvalue weighted by molar-refractivity contribution is 0.0685. The third-order valence-corrected chi connectivity index (χ3v) is 9.14. The van der Waals surface area contributed by atoms with E-state index in [4.69, 9.17) is 20.4 Å². The van der Waals surface area contributed by atoms with Gasteiger partial charge in [0, 0.05) is 22.2 Å². The average molecular weight is 615 g/mol. The standard InChI is InChI=1S/C14H10O4S2.C12H8N2O4S2/c15-13(16)9-3-1-5-11(7-9)19-20-12-6-2-4-10(8-12)14(17)18;15-11(16)7-1-3-9(13-5-7)19-20-10-4-2-8(6-14-10)12(17)18/h1-8H,(H,15,16)(H,17,18);1-6H,(H,15,16)(H,17,18). The highest BCUT2D eigenvalue weighted by atomic mass is 33.1. The number of benzene rings is 2. The average Bonchev–Trinajstić information content (AvgIpc) is 2.96. The molecule has 0 aliphatic heterocycles. The quantitative estimate of drug-likeness (QED) is 0.141. The Kier molecular flexibility index (Phi) is 11.4. The zero-order chi connectivity index (χ0) is 29.1. The van der Waals surface area contributed by atoms with Crippen LogP contribution in [0.5, 0.6) is 0 Å². The topological polar surface area (TPSA) is 175 Å². The molecule has 0 bridgehead atoms. The minimum absolute atomic E-state index is 0.128. The Balaban J connectivity index is 0.000000220. The minimum Gasteiger partial charge on any atom is -0.478 e. The monoisotopic (exact) mass is 614 g/mol. The summed E-state index contributed by atoms with van der Waals surface area (Å²) < 4.78 is 0. The number of aromatic carboxylic acids is 4. The van der Waals surface area contributed by atoms with Crippen LogP contribution in [0.1, 0.15) is 41.4 Å². The molecule has 40 heavy (non-hydrogen) atoms. The molecule has 0 atom stereocenters. The smallest absolute Gasteiger partial charge is 0.337 e. The molecule has 0 fully saturated rings. The molecule has 0 aliphatic carbocycles. The van der Waals surface area contributed by atoms with E-state index >= 15 is 0 Å². The molecular formula is C26H18N2O8S4. The summed E-state index contributed by atoms with van der Waals surface area (Å²) in [7, 11) is 5.39. The summed E-state index contributed by atoms with van der Waals surface area (Å²) in [5, 5.41) is 36.6. The number of carbonyl (C=O) groups is 4. The highest BCUT2D eigenvalue weighted by Gasteiger charge is 2.08. The van der Waals surface area contributed by atoms with Crippen LogP contribution >= 0.6 is 43.2 Å². The SMILES string of the molecule is O=C(O)c1ccc(SSc2ccc(C(=O)O)cn2)nc1.O=C(O)c1cccc(SSc2cccc(C(=O)O)c2)c1. The Hall–Kier alpha value is -3.98. The van der Waals surface area contributed by atoms with E-state index in [2.05, 4.69) is 9.97 Å². The maximum atomic E-state index is 10.9. The third-order valence-electron chi connectivity index (χ3n) is 4.58. The summed E-state index contributed by atoms with van der Waals surface area (Å²) in [6.45, 7) is 0. The summed E-state index contributed by atoms with van der Waals surface area (Å²) in [6, 6.07) is 19.4. The van der Waals surface area contributed by atoms with Gasteiger partial charge in [0.2, 0.25) is 0 Å². The number of carboxylic acid groups (broad SMARTS) is 4. The molecule has 4 N–H and O–H groups in total. The number of hydrogen-bond acceptors (Lipinski definition) is 10. The van der Waals surface area contributed by atoms with Crippen molar-refractivity contribution in [2.45, 2.75) is 19.8 Å². The van der Waals surface area contributed by atoms with Crippen LogP contribution in [-0.2, 0) is 0 Å². The Morgan fingerprint density at radius 1 is 0.475 bits per heavy atom. The molecule has 2 aromatic carbocycles. The highest BCUT2D eigenvalue weighted by Crippen LogP contribution is 2.38. The van der Waals surface area contributed by atoms with Gasteiger partial charge < -0.3 is 20.4 Å². The van der Waals surface area contributed by atoms with Crippen molar-refractivity contribution in [2.24, 2.45) is 0 Å². The van der Waals surface area contributed by atoms with Gasteiger partial charge in [0.05, 0.1) is 22.3 Å². The Morgan fingerprint density at radius 3 is 1.15 bits per heavy atom. The van der Waals surface area contributed by atoms with E-state index in [-0.39, 0.29) is 22.3 Å². The molecule has 2 heterocycles. The number of carboxylic acids is 4. The Morgan fingerprint density at radius 2 is 0.850 bits per heavy atom. The first kappa shape index (κ1) is 30.6. The molecule has 2 aromatic heterocycles. The number of aromatic nitrogens is 2. The lowest BCUT2D eigenvalue weighted by Gasteiger charge is -2.03. The van der Waals surface area contributed by atoms with Gasteiger partial charge in [-0.25, -0.2) is 29.1 Å². The number of rotatable bonds is 10. The van der Waals surface area contributed by atoms with Crippen molar-refractivity contribution < 1.29 is 39.6 Å². The molecule has 0 saturated heterocycles. The van der Waals surface area contributed by atoms with Gasteiger partial charge in [-0.1, -0.05) is 33.7 Å². The van der Waals surface area contributed by atoms with Gasteiger partial charge in [0.1, 0.15) is 10.1 Å². The first-order valence-corrected chi connectivity index (χ1v) is 15.2. The van der Waals surface area contributed by atoms with Crippen molar-refractivity contribution in [1.29, 1.82) is 0 Å². The fraction of sp³-hybridized carbons (Fsp3) is 0. The van der Waals surface area contributed by atoms with Crippen molar-refractivity contribution in [3.05, 3.63) is 107 Å². The first-order valence-electron chi connectivity index (χ1n) is 10.9. The van der Waals surface area contributed by atoms with Gasteiger partial charge in [-0.15, -0.1) is 0 Å². The van der Waals surface area contributed by atoms with E-state index < -0.39 is 23.9 Å². The molecule has 14 heteroatoms. The van der Waals surface area contributed by atoms with Crippen molar-refractivity contribution in [1.82, 2.24) is 9.97 Å². The minimum atomic E-state index is -1.02. The van der Waals surface area contributed by atoms with E-state index in [1.54, 1.807) is 36.4 Å². The van der Waals surface area contributed by atoms with Crippen LogP contribution in [0.4, 0.5) is 0 Å². The summed E-state index contributed by atoms with van der Waals surface area (Å²) in [5.41, 5.74) is 0.719. The van der Waals surface area contributed by atoms with Gasteiger partial charge >= 0.3 is 23.9 Å². The molecule has 0 spiro atoms. The fourth-order valence-corrected chi connectivity index (χ4v) is 6.38. The maximum absolute atomic E-state index is 10.9. The first-order chi connectivity index (χ1) is 19.1. The molecule has 10 nitrogen and oxygen atoms in total. The Bertz CT molecular complexity index is 1400. The van der Waals surface area contributed by atoms with Gasteiger partial charge in [0.25, 0.3) is 0 Å². The number of hydrogen-bond donors (Lipinski definition) is 4. The van der Waals surface area contributed by atoms with E-state index in [0.29, 0.717) is 10.1 Å². The predicted octanol–water partition coefficient (Wildman–Crippen LogP) is 6.55. The van der Waals surface area contributed by atoms with Gasteiger partial charge in [0.15, 0.2) is 0 Å². The van der Waals surface area contributed by atoms with Crippen LogP contribution in [0.25, 0.3) is 0 Å². The molecule has 0 saturated carbocycles. The summed E-state index contributed by atoms with van der Waals surface area (Å²) in [4.78, 5) is 52.7. The molecule has 0 amide bonds. The summed E-state index contributed by atoms with van der Waals surface area (Å²) >= 11 is 0. The van der Waals surface area contributed by atoms with E-state index in [1.807, 2.05) is 12.1 Å². The van der Waals surface area contributed by atoms with Crippen molar-refractivity contribution in [2.75, 3.05) is 0 Å². The van der Waals surface area contributed by atoms with Crippen LogP contribution in [-0.4, -0.2) is 54.3 Å². The van der Waals surface area contributed by atoms with Crippen molar-refractivity contribution in [3.8, 4) is 0 Å². The molecule has 0 aliphatic rings. The normalized spacial score (nSPS) is 10.2. The van der Waals surface area contributed by atoms with E-state index in [0.717, 1.165) is 9.79 Å². The molecular weight excluding hydrogens is 597 g/mol. The second-order valence-electron chi connectivity index (χ2n) is 7.38. The molecule has 0 unspecified atom stereocenters. The second kappa shape index (κ2) is 15.0. The molecule has 4 rings (SSSR count). The fourth-order valence-electron chi connectivity index (χ4n) is 2.66. The van der Waals surface area contributed by atoms with Gasteiger partial charge in [-0.3, -0.25) is 0 Å². The lowest BCUT2D eigenvalue weighted by atomic mass is 10.2. The Labute approximate surface area is 243 Å². The second-order valence-corrected chi connectivity index (χ2v) is 11.8. The van der Waals surface area contributed by atoms with Gasteiger partial charge in [-0.2, -0.15) is 0 Å². The lowest BCUT2D eigenvalue weighted by Crippen LogP contribution is -1.96. The van der Waals surface area contributed by atoms with Gasteiger partial charge in [-0.05, 0) is 82.3 Å². The molecule has 4 aromatic rings. The number of nitrogens with zero attached hydrogens (tertiary/aromatic N) is 2. The van der Waals surface area contributed by atoms with Crippen LogP contribution in [0.3, 0.4) is 0 Å². The van der Waals surface area contributed by atoms with Crippen LogP contribution in [0.15, 0.2) is 105 Å².